The van der Waals surface area contributed by atoms with E-state index in [1.807, 2.05) is 6.07 Å². The number of rotatable bonds is 7. The number of aryl methyl sites for hydroxylation is 1. The molecule has 0 saturated carbocycles. The second-order valence-electron chi connectivity index (χ2n) is 4.20. The summed E-state index contributed by atoms with van der Waals surface area (Å²) in [4.78, 5) is 15.3. The van der Waals surface area contributed by atoms with Crippen LogP contribution in [-0.2, 0) is 20.7 Å². The molecule has 0 aliphatic carbocycles. The monoisotopic (exact) mass is 291 g/mol. The van der Waals surface area contributed by atoms with Gasteiger partial charge in [-0.2, -0.15) is 13.2 Å². The van der Waals surface area contributed by atoms with Crippen LogP contribution in [0.4, 0.5) is 13.2 Å². The Morgan fingerprint density at radius 3 is 2.80 bits per heavy atom. The van der Waals surface area contributed by atoms with Crippen LogP contribution < -0.4 is 0 Å². The summed E-state index contributed by atoms with van der Waals surface area (Å²) in [7, 11) is 0. The second kappa shape index (κ2) is 7.84. The molecule has 0 fully saturated rings. The highest BCUT2D eigenvalue weighted by Crippen LogP contribution is 2.15. The maximum Gasteiger partial charge on any atom is 0.411 e. The number of ether oxygens (including phenoxy) is 2. The van der Waals surface area contributed by atoms with Gasteiger partial charge in [0.15, 0.2) is 6.10 Å². The van der Waals surface area contributed by atoms with Crippen molar-refractivity contribution in [1.29, 1.82) is 0 Å². The van der Waals surface area contributed by atoms with E-state index in [2.05, 4.69) is 9.72 Å². The third kappa shape index (κ3) is 7.08. The van der Waals surface area contributed by atoms with Crippen LogP contribution >= 0.6 is 0 Å². The summed E-state index contributed by atoms with van der Waals surface area (Å²) < 4.78 is 44.9. The quantitative estimate of drug-likeness (QED) is 0.572. The van der Waals surface area contributed by atoms with E-state index in [-0.39, 0.29) is 6.61 Å². The number of esters is 1. The molecule has 0 aliphatic heterocycles. The highest BCUT2D eigenvalue weighted by molar-refractivity contribution is 5.74. The van der Waals surface area contributed by atoms with Crippen LogP contribution in [0.15, 0.2) is 24.5 Å². The molecule has 0 saturated heterocycles. The molecule has 1 rings (SSSR count). The first kappa shape index (κ1) is 16.4. The van der Waals surface area contributed by atoms with Crippen LogP contribution in [0, 0.1) is 0 Å². The molecule has 0 amide bonds. The number of carbonyl (C=O) groups excluding carboxylic acids is 1. The molecule has 1 atom stereocenters. The van der Waals surface area contributed by atoms with Gasteiger partial charge in [-0.15, -0.1) is 0 Å². The maximum absolute atomic E-state index is 11.9. The Hall–Kier alpha value is -1.63. The highest BCUT2D eigenvalue weighted by atomic mass is 19.4. The van der Waals surface area contributed by atoms with Gasteiger partial charge in [-0.3, -0.25) is 4.98 Å². The molecule has 20 heavy (non-hydrogen) atoms. The summed E-state index contributed by atoms with van der Waals surface area (Å²) in [6.45, 7) is -0.0956. The van der Waals surface area contributed by atoms with Crippen molar-refractivity contribution < 1.29 is 27.4 Å². The van der Waals surface area contributed by atoms with Crippen LogP contribution in [0.3, 0.4) is 0 Å². The largest absolute Gasteiger partial charge is 0.464 e. The molecule has 112 valence electrons. The molecule has 1 aromatic rings. The fourth-order valence-corrected chi connectivity index (χ4v) is 1.40. The van der Waals surface area contributed by atoms with Crippen LogP contribution in [0.25, 0.3) is 0 Å². The Morgan fingerprint density at radius 1 is 1.45 bits per heavy atom. The fraction of sp³-hybridized carbons (Fsp3) is 0.538. The molecular formula is C13H16F3NO3. The minimum atomic E-state index is -4.45. The third-order valence-corrected chi connectivity index (χ3v) is 2.41. The van der Waals surface area contributed by atoms with Crippen LogP contribution in [0.2, 0.25) is 0 Å². The van der Waals surface area contributed by atoms with Gasteiger partial charge >= 0.3 is 12.1 Å². The SMILES string of the molecule is CC(OCC(F)(F)F)C(=O)OCCCc1cccnc1. The van der Waals surface area contributed by atoms with Gasteiger partial charge in [0.1, 0.15) is 6.61 Å². The van der Waals surface area contributed by atoms with Crippen molar-refractivity contribution in [3.63, 3.8) is 0 Å². The molecule has 0 N–H and O–H groups in total. The zero-order valence-corrected chi connectivity index (χ0v) is 11.0. The third-order valence-electron chi connectivity index (χ3n) is 2.41. The van der Waals surface area contributed by atoms with Crippen molar-refractivity contribution in [2.75, 3.05) is 13.2 Å². The van der Waals surface area contributed by atoms with Gasteiger partial charge in [-0.1, -0.05) is 6.07 Å². The van der Waals surface area contributed by atoms with E-state index in [1.54, 1.807) is 18.5 Å². The van der Waals surface area contributed by atoms with Crippen LogP contribution in [-0.4, -0.2) is 36.4 Å². The molecule has 4 nitrogen and oxygen atoms in total. The first-order valence-corrected chi connectivity index (χ1v) is 6.12. The van der Waals surface area contributed by atoms with Gasteiger partial charge in [-0.05, 0) is 31.4 Å². The Balaban J connectivity index is 2.16. The lowest BCUT2D eigenvalue weighted by Crippen LogP contribution is -2.28. The highest BCUT2D eigenvalue weighted by Gasteiger charge is 2.30. The molecule has 1 heterocycles. The van der Waals surface area contributed by atoms with Crippen molar-refractivity contribution in [2.24, 2.45) is 0 Å². The van der Waals surface area contributed by atoms with Crippen molar-refractivity contribution in [3.8, 4) is 0 Å². The summed E-state index contributed by atoms with van der Waals surface area (Å²) in [5, 5.41) is 0. The van der Waals surface area contributed by atoms with E-state index < -0.39 is 24.9 Å². The van der Waals surface area contributed by atoms with Gasteiger partial charge in [0, 0.05) is 12.4 Å². The second-order valence-corrected chi connectivity index (χ2v) is 4.20. The van der Waals surface area contributed by atoms with Crippen molar-refractivity contribution >= 4 is 5.97 Å². The van der Waals surface area contributed by atoms with Crippen LogP contribution in [0.1, 0.15) is 18.9 Å². The number of halogens is 3. The molecule has 0 spiro atoms. The molecular weight excluding hydrogens is 275 g/mol. The standard InChI is InChI=1S/C13H16F3NO3/c1-10(20-9-13(14,15)16)12(18)19-7-3-5-11-4-2-6-17-8-11/h2,4,6,8,10H,3,5,7,9H2,1H3. The Kier molecular flexibility index (Phi) is 6.44. The summed E-state index contributed by atoms with van der Waals surface area (Å²) >= 11 is 0. The number of hydrogen-bond acceptors (Lipinski definition) is 4. The van der Waals surface area contributed by atoms with Crippen molar-refractivity contribution in [3.05, 3.63) is 30.1 Å². The van der Waals surface area contributed by atoms with E-state index in [4.69, 9.17) is 4.74 Å². The maximum atomic E-state index is 11.9. The molecule has 1 unspecified atom stereocenters. The van der Waals surface area contributed by atoms with E-state index in [9.17, 15) is 18.0 Å². The van der Waals surface area contributed by atoms with Gasteiger partial charge in [0.05, 0.1) is 6.61 Å². The molecule has 0 radical (unpaired) electrons. The van der Waals surface area contributed by atoms with Crippen molar-refractivity contribution in [2.45, 2.75) is 32.0 Å². The van der Waals surface area contributed by atoms with Gasteiger partial charge in [-0.25, -0.2) is 4.79 Å². The number of pyridine rings is 1. The number of nitrogens with zero attached hydrogens (tertiary/aromatic N) is 1. The number of alkyl halides is 3. The predicted molar refractivity (Wildman–Crippen MR) is 65.0 cm³/mol. The summed E-state index contributed by atoms with van der Waals surface area (Å²) in [5.74, 6) is -0.791. The first-order valence-electron chi connectivity index (χ1n) is 6.12. The number of hydrogen-bond donors (Lipinski definition) is 0. The molecule has 7 heteroatoms. The number of aromatic nitrogens is 1. The zero-order chi connectivity index (χ0) is 15.0. The van der Waals surface area contributed by atoms with Crippen LogP contribution in [0.5, 0.6) is 0 Å². The molecule has 0 aromatic carbocycles. The predicted octanol–water partition coefficient (Wildman–Crippen LogP) is 2.52. The summed E-state index contributed by atoms with van der Waals surface area (Å²) in [5.41, 5.74) is 1.00. The lowest BCUT2D eigenvalue weighted by molar-refractivity contribution is -0.192. The Morgan fingerprint density at radius 2 is 2.20 bits per heavy atom. The average molecular weight is 291 g/mol. The van der Waals surface area contributed by atoms with Crippen molar-refractivity contribution in [1.82, 2.24) is 4.98 Å². The Bertz CT molecular complexity index is 409. The van der Waals surface area contributed by atoms with Gasteiger partial charge < -0.3 is 9.47 Å². The summed E-state index contributed by atoms with van der Waals surface area (Å²) in [6.07, 6.45) is -1.06. The smallest absolute Gasteiger partial charge is 0.411 e. The van der Waals surface area contributed by atoms with Gasteiger partial charge in [0.2, 0.25) is 0 Å². The Labute approximate surface area is 114 Å². The average Bonchev–Trinajstić information content (AvgIpc) is 2.41. The normalized spacial score (nSPS) is 13.0. The first-order chi connectivity index (χ1) is 9.38. The van der Waals surface area contributed by atoms with E-state index in [1.165, 1.54) is 6.92 Å². The lowest BCUT2D eigenvalue weighted by Gasteiger charge is -2.14. The number of carbonyl (C=O) groups is 1. The minimum Gasteiger partial charge on any atom is -0.464 e. The van der Waals surface area contributed by atoms with E-state index in [0.29, 0.717) is 12.8 Å². The van der Waals surface area contributed by atoms with E-state index >= 15 is 0 Å². The van der Waals surface area contributed by atoms with E-state index in [0.717, 1.165) is 5.56 Å². The summed E-state index contributed by atoms with van der Waals surface area (Å²) in [6, 6.07) is 3.69. The zero-order valence-electron chi connectivity index (χ0n) is 11.0. The van der Waals surface area contributed by atoms with Gasteiger partial charge in [0.25, 0.3) is 0 Å². The molecule has 0 aliphatic rings. The molecule has 0 bridgehead atoms. The fourth-order valence-electron chi connectivity index (χ4n) is 1.40. The minimum absolute atomic E-state index is 0.132. The molecule has 1 aromatic heterocycles. The lowest BCUT2D eigenvalue weighted by atomic mass is 10.2. The topological polar surface area (TPSA) is 48.4 Å².